The maximum Gasteiger partial charge on any atom is 0.349 e. The van der Waals surface area contributed by atoms with Crippen LogP contribution in [0.25, 0.3) is 0 Å². The molecule has 0 aliphatic rings. The summed E-state index contributed by atoms with van der Waals surface area (Å²) in [5.74, 6) is 1.42. The van der Waals surface area contributed by atoms with Gasteiger partial charge in [-0.1, -0.05) is 75.1 Å². The highest BCUT2D eigenvalue weighted by Gasteiger charge is 2.31. The van der Waals surface area contributed by atoms with Gasteiger partial charge in [-0.05, 0) is 69.2 Å². The summed E-state index contributed by atoms with van der Waals surface area (Å²) >= 11 is 0. The molecule has 214 valence electrons. The van der Waals surface area contributed by atoms with Gasteiger partial charge in [0.15, 0.2) is 11.4 Å². The Hall–Kier alpha value is -4.00. The van der Waals surface area contributed by atoms with Crippen LogP contribution in [-0.4, -0.2) is 35.7 Å². The molecule has 0 atom stereocenters. The molecule has 0 unspecified atom stereocenters. The number of esters is 1. The van der Waals surface area contributed by atoms with Crippen molar-refractivity contribution in [3.63, 3.8) is 0 Å². The van der Waals surface area contributed by atoms with E-state index in [9.17, 15) is 9.59 Å². The molecule has 1 N–H and O–H groups in total. The van der Waals surface area contributed by atoms with Crippen molar-refractivity contribution in [2.75, 3.05) is 18.5 Å². The number of rotatable bonds is 15. The third kappa shape index (κ3) is 9.63. The van der Waals surface area contributed by atoms with Crippen molar-refractivity contribution in [2.24, 2.45) is 0 Å². The Morgan fingerprint density at radius 1 is 0.800 bits per heavy atom. The Morgan fingerprint density at radius 2 is 1.48 bits per heavy atom. The van der Waals surface area contributed by atoms with Crippen molar-refractivity contribution in [1.29, 1.82) is 0 Å². The van der Waals surface area contributed by atoms with E-state index < -0.39 is 11.6 Å². The first-order chi connectivity index (χ1) is 19.3. The Balaban J connectivity index is 1.70. The van der Waals surface area contributed by atoms with Crippen molar-refractivity contribution >= 4 is 17.7 Å². The number of para-hydroxylation sites is 3. The standard InChI is InChI=1S/C33H42N2O5/c1-5-7-8-9-15-24-35(25-26-20-22-28(23-21-26)40-33(3,4)31(36)38-6-2)32(37)34-29-18-13-14-19-30(29)39-27-16-11-10-12-17-27/h10-14,16-23H,5-9,15,24-25H2,1-4H3,(H,34,37). The minimum absolute atomic E-state index is 0.191. The molecule has 0 fully saturated rings. The zero-order valence-electron chi connectivity index (χ0n) is 24.2. The number of carbonyl (C=O) groups excluding carboxylic acids is 2. The molecule has 0 aliphatic heterocycles. The van der Waals surface area contributed by atoms with Crippen LogP contribution in [0.5, 0.6) is 17.2 Å². The number of unbranched alkanes of at least 4 members (excludes halogenated alkanes) is 4. The van der Waals surface area contributed by atoms with Crippen LogP contribution in [-0.2, 0) is 16.1 Å². The number of carbonyl (C=O) groups is 2. The van der Waals surface area contributed by atoms with E-state index in [4.69, 9.17) is 14.2 Å². The molecular weight excluding hydrogens is 504 g/mol. The molecule has 7 heteroatoms. The van der Waals surface area contributed by atoms with Gasteiger partial charge < -0.3 is 24.4 Å². The van der Waals surface area contributed by atoms with E-state index in [1.54, 1.807) is 20.8 Å². The second kappa shape index (κ2) is 15.6. The topological polar surface area (TPSA) is 77.1 Å². The lowest BCUT2D eigenvalue weighted by Gasteiger charge is -2.25. The molecule has 3 rings (SSSR count). The Bertz CT molecular complexity index is 1190. The summed E-state index contributed by atoms with van der Waals surface area (Å²) in [7, 11) is 0. The molecule has 3 aromatic rings. The molecule has 0 saturated heterocycles. The van der Waals surface area contributed by atoms with Gasteiger partial charge in [-0.15, -0.1) is 0 Å². The SMILES string of the molecule is CCCCCCCN(Cc1ccc(OC(C)(C)C(=O)OCC)cc1)C(=O)Nc1ccccc1Oc1ccccc1. The van der Waals surface area contributed by atoms with Gasteiger partial charge in [-0.2, -0.15) is 0 Å². The third-order valence-electron chi connectivity index (χ3n) is 6.36. The summed E-state index contributed by atoms with van der Waals surface area (Å²) in [5.41, 5.74) is 0.466. The van der Waals surface area contributed by atoms with E-state index in [0.717, 1.165) is 24.8 Å². The predicted molar refractivity (Wildman–Crippen MR) is 159 cm³/mol. The molecule has 0 aliphatic carbocycles. The highest BCUT2D eigenvalue weighted by Crippen LogP contribution is 2.29. The number of hydrogen-bond donors (Lipinski definition) is 1. The second-order valence-corrected chi connectivity index (χ2v) is 10.2. The number of nitrogens with one attached hydrogen (secondary N) is 1. The minimum Gasteiger partial charge on any atom is -0.476 e. The lowest BCUT2D eigenvalue weighted by molar-refractivity contribution is -0.158. The Morgan fingerprint density at radius 3 is 2.17 bits per heavy atom. The van der Waals surface area contributed by atoms with Crippen LogP contribution in [0.1, 0.15) is 65.4 Å². The summed E-state index contributed by atoms with van der Waals surface area (Å²) in [5, 5.41) is 3.06. The molecule has 0 saturated carbocycles. The van der Waals surface area contributed by atoms with Crippen molar-refractivity contribution < 1.29 is 23.8 Å². The molecular formula is C33H42N2O5. The third-order valence-corrected chi connectivity index (χ3v) is 6.36. The summed E-state index contributed by atoms with van der Waals surface area (Å²) in [6.45, 7) is 8.68. The van der Waals surface area contributed by atoms with Crippen LogP contribution in [0.4, 0.5) is 10.5 Å². The van der Waals surface area contributed by atoms with Gasteiger partial charge in [0.05, 0.1) is 12.3 Å². The number of urea groups is 1. The normalized spacial score (nSPS) is 11.0. The first-order valence-corrected chi connectivity index (χ1v) is 14.2. The number of amides is 2. The first kappa shape index (κ1) is 30.5. The van der Waals surface area contributed by atoms with E-state index in [2.05, 4.69) is 12.2 Å². The van der Waals surface area contributed by atoms with E-state index in [0.29, 0.717) is 42.6 Å². The van der Waals surface area contributed by atoms with E-state index in [-0.39, 0.29) is 6.03 Å². The minimum atomic E-state index is -1.10. The fourth-order valence-electron chi connectivity index (χ4n) is 4.15. The number of nitrogens with zero attached hydrogens (tertiary/aromatic N) is 1. The monoisotopic (exact) mass is 546 g/mol. The molecule has 7 nitrogen and oxygen atoms in total. The van der Waals surface area contributed by atoms with Crippen molar-refractivity contribution in [3.05, 3.63) is 84.4 Å². The van der Waals surface area contributed by atoms with Gasteiger partial charge in [0, 0.05) is 13.1 Å². The molecule has 0 aromatic heterocycles. The fraction of sp³-hybridized carbons (Fsp3) is 0.394. The van der Waals surface area contributed by atoms with Crippen LogP contribution in [0, 0.1) is 0 Å². The fourth-order valence-corrected chi connectivity index (χ4v) is 4.15. The first-order valence-electron chi connectivity index (χ1n) is 14.2. The second-order valence-electron chi connectivity index (χ2n) is 10.2. The van der Waals surface area contributed by atoms with Gasteiger partial charge in [0.1, 0.15) is 11.5 Å². The zero-order chi connectivity index (χ0) is 28.8. The Labute approximate surface area is 238 Å². The summed E-state index contributed by atoms with van der Waals surface area (Å²) in [6.07, 6.45) is 5.51. The average Bonchev–Trinajstić information content (AvgIpc) is 2.95. The highest BCUT2D eigenvalue weighted by molar-refractivity contribution is 5.91. The molecule has 0 radical (unpaired) electrons. The molecule has 40 heavy (non-hydrogen) atoms. The van der Waals surface area contributed by atoms with Crippen molar-refractivity contribution in [1.82, 2.24) is 4.90 Å². The zero-order valence-corrected chi connectivity index (χ0v) is 24.2. The maximum atomic E-state index is 13.5. The van der Waals surface area contributed by atoms with Crippen LogP contribution in [0.3, 0.4) is 0 Å². The quantitative estimate of drug-likeness (QED) is 0.154. The van der Waals surface area contributed by atoms with Crippen LogP contribution < -0.4 is 14.8 Å². The number of hydrogen-bond acceptors (Lipinski definition) is 5. The van der Waals surface area contributed by atoms with Gasteiger partial charge in [0.25, 0.3) is 0 Å². The van der Waals surface area contributed by atoms with Crippen LogP contribution >= 0.6 is 0 Å². The van der Waals surface area contributed by atoms with Crippen LogP contribution in [0.15, 0.2) is 78.9 Å². The summed E-state index contributed by atoms with van der Waals surface area (Å²) < 4.78 is 17.0. The van der Waals surface area contributed by atoms with E-state index in [1.807, 2.05) is 83.8 Å². The van der Waals surface area contributed by atoms with Crippen molar-refractivity contribution in [3.8, 4) is 17.2 Å². The summed E-state index contributed by atoms with van der Waals surface area (Å²) in [4.78, 5) is 27.5. The molecule has 3 aromatic carbocycles. The molecule has 2 amide bonds. The summed E-state index contributed by atoms with van der Waals surface area (Å²) in [6, 6.07) is 24.2. The predicted octanol–water partition coefficient (Wildman–Crippen LogP) is 8.20. The maximum absolute atomic E-state index is 13.5. The van der Waals surface area contributed by atoms with Crippen molar-refractivity contribution in [2.45, 2.75) is 71.9 Å². The van der Waals surface area contributed by atoms with Gasteiger partial charge in [-0.3, -0.25) is 0 Å². The Kier molecular flexibility index (Phi) is 11.9. The lowest BCUT2D eigenvalue weighted by atomic mass is 10.1. The van der Waals surface area contributed by atoms with E-state index >= 15 is 0 Å². The number of benzene rings is 3. The highest BCUT2D eigenvalue weighted by atomic mass is 16.6. The lowest BCUT2D eigenvalue weighted by Crippen LogP contribution is -2.39. The average molecular weight is 547 g/mol. The van der Waals surface area contributed by atoms with Gasteiger partial charge in [-0.25, -0.2) is 9.59 Å². The van der Waals surface area contributed by atoms with E-state index in [1.165, 1.54) is 12.8 Å². The largest absolute Gasteiger partial charge is 0.476 e. The van der Waals surface area contributed by atoms with Gasteiger partial charge >= 0.3 is 12.0 Å². The van der Waals surface area contributed by atoms with Gasteiger partial charge in [0.2, 0.25) is 0 Å². The molecule has 0 spiro atoms. The molecule has 0 heterocycles. The smallest absolute Gasteiger partial charge is 0.349 e. The van der Waals surface area contributed by atoms with Crippen LogP contribution in [0.2, 0.25) is 0 Å². The number of anilines is 1. The number of ether oxygens (including phenoxy) is 3. The molecule has 0 bridgehead atoms.